The van der Waals surface area contributed by atoms with Gasteiger partial charge in [-0.3, -0.25) is 4.98 Å². The molecule has 1 aliphatic heterocycles. The number of hydrogen-bond donors (Lipinski definition) is 1. The van der Waals surface area contributed by atoms with Gasteiger partial charge in [0.2, 0.25) is 5.88 Å². The molecule has 0 unspecified atom stereocenters. The zero-order chi connectivity index (χ0) is 16.2. The largest absolute Gasteiger partial charge is 0.473 e. The van der Waals surface area contributed by atoms with Crippen LogP contribution in [-0.2, 0) is 6.61 Å². The third kappa shape index (κ3) is 3.39. The number of pyridine rings is 2. The number of piperidine rings is 1. The number of aromatic nitrogens is 2. The highest BCUT2D eigenvalue weighted by Crippen LogP contribution is 2.25. The molecule has 122 valence electrons. The number of ether oxygens (including phenoxy) is 1. The fourth-order valence-corrected chi connectivity index (χ4v) is 3.24. The lowest BCUT2D eigenvalue weighted by Gasteiger charge is -2.22. The predicted molar refractivity (Wildman–Crippen MR) is 95.2 cm³/mol. The van der Waals surface area contributed by atoms with Crippen molar-refractivity contribution in [1.82, 2.24) is 15.3 Å². The second kappa shape index (κ2) is 6.97. The summed E-state index contributed by atoms with van der Waals surface area (Å²) in [6, 6.07) is 14.4. The van der Waals surface area contributed by atoms with Crippen molar-refractivity contribution in [3.05, 3.63) is 66.1 Å². The average Bonchev–Trinajstić information content (AvgIpc) is 2.67. The predicted octanol–water partition coefficient (Wildman–Crippen LogP) is 3.68. The van der Waals surface area contributed by atoms with Gasteiger partial charge in [-0.05, 0) is 55.1 Å². The molecule has 4 rings (SSSR count). The Morgan fingerprint density at radius 2 is 1.96 bits per heavy atom. The van der Waals surface area contributed by atoms with Crippen LogP contribution in [0, 0.1) is 0 Å². The smallest absolute Gasteiger partial charge is 0.213 e. The molecule has 0 spiro atoms. The first-order chi connectivity index (χ1) is 11.9. The molecule has 0 radical (unpaired) electrons. The van der Waals surface area contributed by atoms with Gasteiger partial charge in [-0.2, -0.15) is 0 Å². The van der Waals surface area contributed by atoms with Gasteiger partial charge in [0.15, 0.2) is 0 Å². The van der Waals surface area contributed by atoms with Crippen LogP contribution in [-0.4, -0.2) is 23.1 Å². The number of benzene rings is 1. The molecule has 1 N–H and O–H groups in total. The minimum Gasteiger partial charge on any atom is -0.473 e. The van der Waals surface area contributed by atoms with Crippen LogP contribution in [0.1, 0.15) is 30.0 Å². The first-order valence-electron chi connectivity index (χ1n) is 8.51. The highest BCUT2D eigenvalue weighted by molar-refractivity contribution is 5.81. The summed E-state index contributed by atoms with van der Waals surface area (Å²) in [5.74, 6) is 1.25. The van der Waals surface area contributed by atoms with Gasteiger partial charge in [0, 0.05) is 35.5 Å². The Morgan fingerprint density at radius 1 is 1.04 bits per heavy atom. The van der Waals surface area contributed by atoms with Gasteiger partial charge in [-0.25, -0.2) is 4.98 Å². The van der Waals surface area contributed by atoms with Crippen LogP contribution in [0.4, 0.5) is 0 Å². The lowest BCUT2D eigenvalue weighted by molar-refractivity contribution is 0.291. The van der Waals surface area contributed by atoms with E-state index in [0.29, 0.717) is 18.4 Å². The van der Waals surface area contributed by atoms with Crippen molar-refractivity contribution in [2.75, 3.05) is 13.1 Å². The van der Waals surface area contributed by atoms with E-state index < -0.39 is 0 Å². The molecule has 0 bridgehead atoms. The molecule has 1 aromatic carbocycles. The molecule has 1 fully saturated rings. The van der Waals surface area contributed by atoms with Crippen molar-refractivity contribution in [2.24, 2.45) is 0 Å². The van der Waals surface area contributed by atoms with E-state index >= 15 is 0 Å². The first kappa shape index (κ1) is 15.1. The molecule has 1 aliphatic rings. The molecular formula is C20H21N3O. The normalized spacial score (nSPS) is 15.5. The summed E-state index contributed by atoms with van der Waals surface area (Å²) in [6.45, 7) is 2.67. The molecule has 0 atom stereocenters. The molecule has 1 saturated heterocycles. The SMILES string of the molecule is c1cc(OCc2ccc3cnccc3c2)nc(C2CCNCC2)c1. The summed E-state index contributed by atoms with van der Waals surface area (Å²) in [6.07, 6.45) is 5.99. The fraction of sp³-hybridized carbons (Fsp3) is 0.300. The maximum atomic E-state index is 5.93. The van der Waals surface area contributed by atoms with Crippen molar-refractivity contribution in [3.8, 4) is 5.88 Å². The zero-order valence-electron chi connectivity index (χ0n) is 13.6. The Hall–Kier alpha value is -2.46. The first-order valence-corrected chi connectivity index (χ1v) is 8.51. The molecule has 0 amide bonds. The molecule has 3 heterocycles. The van der Waals surface area contributed by atoms with Crippen LogP contribution in [0.5, 0.6) is 5.88 Å². The number of hydrogen-bond acceptors (Lipinski definition) is 4. The molecule has 3 aromatic rings. The Bertz CT molecular complexity index is 828. The fourth-order valence-electron chi connectivity index (χ4n) is 3.24. The molecule has 4 nitrogen and oxygen atoms in total. The van der Waals surface area contributed by atoms with Crippen molar-refractivity contribution >= 4 is 10.8 Å². The lowest BCUT2D eigenvalue weighted by Crippen LogP contribution is -2.27. The lowest BCUT2D eigenvalue weighted by atomic mass is 9.94. The molecule has 24 heavy (non-hydrogen) atoms. The van der Waals surface area contributed by atoms with Gasteiger partial charge in [0.1, 0.15) is 6.61 Å². The molecule has 0 saturated carbocycles. The van der Waals surface area contributed by atoms with E-state index in [2.05, 4.69) is 34.6 Å². The van der Waals surface area contributed by atoms with Gasteiger partial charge in [-0.1, -0.05) is 18.2 Å². The number of rotatable bonds is 4. The van der Waals surface area contributed by atoms with Crippen molar-refractivity contribution in [3.63, 3.8) is 0 Å². The third-order valence-electron chi connectivity index (χ3n) is 4.59. The van der Waals surface area contributed by atoms with E-state index in [1.54, 1.807) is 0 Å². The molecule has 2 aromatic heterocycles. The topological polar surface area (TPSA) is 47.0 Å². The summed E-state index contributed by atoms with van der Waals surface area (Å²) < 4.78 is 5.93. The van der Waals surface area contributed by atoms with E-state index in [0.717, 1.165) is 42.6 Å². The van der Waals surface area contributed by atoms with Crippen LogP contribution in [0.15, 0.2) is 54.9 Å². The van der Waals surface area contributed by atoms with Crippen LogP contribution < -0.4 is 10.1 Å². The van der Waals surface area contributed by atoms with Gasteiger partial charge in [0.05, 0.1) is 0 Å². The van der Waals surface area contributed by atoms with Crippen LogP contribution in [0.2, 0.25) is 0 Å². The average molecular weight is 319 g/mol. The number of fused-ring (bicyclic) bond motifs is 1. The van der Waals surface area contributed by atoms with E-state index in [9.17, 15) is 0 Å². The summed E-state index contributed by atoms with van der Waals surface area (Å²) in [5, 5.41) is 5.73. The Balaban J connectivity index is 1.46. The molecular weight excluding hydrogens is 298 g/mol. The van der Waals surface area contributed by atoms with Crippen LogP contribution in [0.3, 0.4) is 0 Å². The molecule has 0 aliphatic carbocycles. The Labute approximate surface area is 141 Å². The minimum absolute atomic E-state index is 0.529. The molecule has 4 heteroatoms. The Kier molecular flexibility index (Phi) is 4.38. The maximum absolute atomic E-state index is 5.93. The maximum Gasteiger partial charge on any atom is 0.213 e. The standard InChI is InChI=1S/C20H21N3O/c1-2-19(16-6-9-21-10-7-16)23-20(3-1)24-14-15-4-5-18-13-22-11-8-17(18)12-15/h1-5,8,11-13,16,21H,6-7,9-10,14H2. The van der Waals surface area contributed by atoms with E-state index in [1.165, 1.54) is 5.39 Å². The van der Waals surface area contributed by atoms with Gasteiger partial charge in [-0.15, -0.1) is 0 Å². The highest BCUT2D eigenvalue weighted by Gasteiger charge is 2.16. The van der Waals surface area contributed by atoms with Crippen molar-refractivity contribution in [1.29, 1.82) is 0 Å². The highest BCUT2D eigenvalue weighted by atomic mass is 16.5. The monoisotopic (exact) mass is 319 g/mol. The summed E-state index contributed by atoms with van der Waals surface area (Å²) >= 11 is 0. The third-order valence-corrected chi connectivity index (χ3v) is 4.59. The second-order valence-corrected chi connectivity index (χ2v) is 6.27. The van der Waals surface area contributed by atoms with E-state index in [1.807, 2.05) is 30.6 Å². The number of nitrogens with zero attached hydrogens (tertiary/aromatic N) is 2. The summed E-state index contributed by atoms with van der Waals surface area (Å²) in [7, 11) is 0. The second-order valence-electron chi connectivity index (χ2n) is 6.27. The number of nitrogens with one attached hydrogen (secondary N) is 1. The van der Waals surface area contributed by atoms with Gasteiger partial charge >= 0.3 is 0 Å². The summed E-state index contributed by atoms with van der Waals surface area (Å²) in [4.78, 5) is 8.86. The van der Waals surface area contributed by atoms with Gasteiger partial charge < -0.3 is 10.1 Å². The van der Waals surface area contributed by atoms with Crippen LogP contribution in [0.25, 0.3) is 10.8 Å². The van der Waals surface area contributed by atoms with Gasteiger partial charge in [0.25, 0.3) is 0 Å². The van der Waals surface area contributed by atoms with E-state index in [4.69, 9.17) is 9.72 Å². The van der Waals surface area contributed by atoms with E-state index in [-0.39, 0.29) is 0 Å². The minimum atomic E-state index is 0.529. The summed E-state index contributed by atoms with van der Waals surface area (Å²) in [5.41, 5.74) is 2.29. The Morgan fingerprint density at radius 3 is 2.88 bits per heavy atom. The van der Waals surface area contributed by atoms with Crippen LogP contribution >= 0.6 is 0 Å². The quantitative estimate of drug-likeness (QED) is 0.797. The van der Waals surface area contributed by atoms with Crippen molar-refractivity contribution in [2.45, 2.75) is 25.4 Å². The zero-order valence-corrected chi connectivity index (χ0v) is 13.6. The van der Waals surface area contributed by atoms with Crippen molar-refractivity contribution < 1.29 is 4.74 Å².